The molecule has 8 heteroatoms. The van der Waals surface area contributed by atoms with Crippen LogP contribution in [0.5, 0.6) is 11.5 Å². The number of ether oxygens (including phenoxy) is 2. The van der Waals surface area contributed by atoms with Gasteiger partial charge in [0.05, 0.1) is 28.3 Å². The highest BCUT2D eigenvalue weighted by molar-refractivity contribution is 7.92. The molecule has 0 fully saturated rings. The van der Waals surface area contributed by atoms with E-state index >= 15 is 0 Å². The minimum Gasteiger partial charge on any atom is -0.494 e. The number of hydrogen-bond acceptors (Lipinski definition) is 5. The summed E-state index contributed by atoms with van der Waals surface area (Å²) in [6.07, 6.45) is 0.823. The molecule has 0 spiro atoms. The zero-order valence-electron chi connectivity index (χ0n) is 19.3. The summed E-state index contributed by atoms with van der Waals surface area (Å²) in [6.45, 7) is 11.1. The van der Waals surface area contributed by atoms with E-state index < -0.39 is 15.4 Å². The van der Waals surface area contributed by atoms with Crippen molar-refractivity contribution in [3.63, 3.8) is 0 Å². The molecule has 0 radical (unpaired) electrons. The lowest BCUT2D eigenvalue weighted by Gasteiger charge is -2.28. The Bertz CT molecular complexity index is 1060. The van der Waals surface area contributed by atoms with Crippen molar-refractivity contribution in [2.75, 3.05) is 29.4 Å². The Balaban J connectivity index is 1.92. The first kappa shape index (κ1) is 23.9. The Labute approximate surface area is 190 Å². The predicted octanol–water partition coefficient (Wildman–Crippen LogP) is 4.68. The molecule has 1 N–H and O–H groups in total. The highest BCUT2D eigenvalue weighted by Gasteiger charge is 2.37. The molecule has 0 saturated heterocycles. The molecule has 1 aliphatic heterocycles. The monoisotopic (exact) mass is 460 g/mol. The van der Waals surface area contributed by atoms with Crippen LogP contribution in [0.15, 0.2) is 47.4 Å². The number of fused-ring (bicyclic) bond motifs is 1. The fourth-order valence-electron chi connectivity index (χ4n) is 3.41. The lowest BCUT2D eigenvalue weighted by molar-refractivity contribution is -0.127. The molecular weight excluding hydrogens is 428 g/mol. The number of nitrogens with one attached hydrogen (secondary N) is 1. The summed E-state index contributed by atoms with van der Waals surface area (Å²) in [4.78, 5) is 15.1. The van der Waals surface area contributed by atoms with Crippen LogP contribution in [0.2, 0.25) is 0 Å². The van der Waals surface area contributed by atoms with Crippen molar-refractivity contribution < 1.29 is 22.7 Å². The first-order chi connectivity index (χ1) is 15.0. The topological polar surface area (TPSA) is 84.9 Å². The number of carbonyl (C=O) groups is 1. The summed E-state index contributed by atoms with van der Waals surface area (Å²) in [5.41, 5.74) is 0.259. The molecule has 174 valence electrons. The fraction of sp³-hybridized carbons (Fsp3) is 0.458. The summed E-state index contributed by atoms with van der Waals surface area (Å²) in [7, 11) is -3.81. The third-order valence-electron chi connectivity index (χ3n) is 5.29. The highest BCUT2D eigenvalue weighted by Crippen LogP contribution is 2.39. The second-order valence-corrected chi connectivity index (χ2v) is 10.7. The van der Waals surface area contributed by atoms with Crippen LogP contribution in [0.25, 0.3) is 0 Å². The molecule has 0 atom stereocenters. The van der Waals surface area contributed by atoms with Crippen LogP contribution in [-0.2, 0) is 14.8 Å². The van der Waals surface area contributed by atoms with E-state index in [9.17, 15) is 13.2 Å². The van der Waals surface area contributed by atoms with Crippen LogP contribution in [0.1, 0.15) is 41.0 Å². The van der Waals surface area contributed by atoms with Gasteiger partial charge in [0.2, 0.25) is 5.91 Å². The Kier molecular flexibility index (Phi) is 7.03. The molecule has 2 aromatic carbocycles. The molecule has 0 bridgehead atoms. The quantitative estimate of drug-likeness (QED) is 0.618. The zero-order valence-corrected chi connectivity index (χ0v) is 20.2. The van der Waals surface area contributed by atoms with E-state index in [1.54, 1.807) is 35.2 Å². The van der Waals surface area contributed by atoms with Gasteiger partial charge in [-0.1, -0.05) is 13.8 Å². The third-order valence-corrected chi connectivity index (χ3v) is 6.69. The van der Waals surface area contributed by atoms with Crippen LogP contribution in [-0.4, -0.2) is 34.1 Å². The number of anilines is 2. The average Bonchev–Trinajstić information content (AvgIpc) is 2.81. The molecule has 2 aromatic rings. The lowest BCUT2D eigenvalue weighted by Crippen LogP contribution is -2.42. The number of amides is 1. The van der Waals surface area contributed by atoms with Gasteiger partial charge in [-0.2, -0.15) is 0 Å². The molecule has 32 heavy (non-hydrogen) atoms. The van der Waals surface area contributed by atoms with E-state index in [0.29, 0.717) is 41.9 Å². The number of rotatable bonds is 8. The van der Waals surface area contributed by atoms with Crippen molar-refractivity contribution in [1.82, 2.24) is 0 Å². The zero-order chi connectivity index (χ0) is 23.5. The van der Waals surface area contributed by atoms with Gasteiger partial charge in [0.1, 0.15) is 18.1 Å². The summed E-state index contributed by atoms with van der Waals surface area (Å²) >= 11 is 0. The van der Waals surface area contributed by atoms with E-state index in [4.69, 9.17) is 9.47 Å². The molecular formula is C24H32N2O5S. The van der Waals surface area contributed by atoms with Crippen LogP contribution >= 0.6 is 0 Å². The fourth-order valence-corrected chi connectivity index (χ4v) is 4.46. The number of benzene rings is 2. The number of sulfonamides is 1. The van der Waals surface area contributed by atoms with E-state index in [0.717, 1.165) is 6.42 Å². The summed E-state index contributed by atoms with van der Waals surface area (Å²) in [6, 6.07) is 11.3. The predicted molar refractivity (Wildman–Crippen MR) is 126 cm³/mol. The standard InChI is InChI=1S/C24H32N2O5S/c1-6-30-19-8-10-20(11-9-19)32(28,29)25-18-7-12-22-21(15-18)26(14-13-17(2)3)23(27)24(4,5)16-31-22/h7-12,15,17,25H,6,13-14,16H2,1-5H3. The lowest BCUT2D eigenvalue weighted by atomic mass is 9.92. The SMILES string of the molecule is CCOc1ccc(S(=O)(=O)Nc2ccc3c(c2)N(CCC(C)C)C(=O)C(C)(C)CO3)cc1. The summed E-state index contributed by atoms with van der Waals surface area (Å²) in [5, 5.41) is 0. The second-order valence-electron chi connectivity index (χ2n) is 9.00. The van der Waals surface area contributed by atoms with E-state index in [2.05, 4.69) is 18.6 Å². The highest BCUT2D eigenvalue weighted by atomic mass is 32.2. The molecule has 1 amide bonds. The van der Waals surface area contributed by atoms with Crippen LogP contribution in [0, 0.1) is 11.3 Å². The van der Waals surface area contributed by atoms with Gasteiger partial charge in [0.15, 0.2) is 0 Å². The van der Waals surface area contributed by atoms with Gasteiger partial charge in [0, 0.05) is 6.54 Å². The smallest absolute Gasteiger partial charge is 0.261 e. The minimum atomic E-state index is -3.81. The van der Waals surface area contributed by atoms with Crippen LogP contribution in [0.4, 0.5) is 11.4 Å². The molecule has 3 rings (SSSR count). The maximum atomic E-state index is 13.2. The van der Waals surface area contributed by atoms with Gasteiger partial charge in [-0.3, -0.25) is 9.52 Å². The van der Waals surface area contributed by atoms with Crippen LogP contribution in [0.3, 0.4) is 0 Å². The van der Waals surface area contributed by atoms with Crippen molar-refractivity contribution in [2.45, 2.75) is 45.9 Å². The Hall–Kier alpha value is -2.74. The maximum Gasteiger partial charge on any atom is 0.261 e. The molecule has 0 aromatic heterocycles. The molecule has 1 aliphatic rings. The summed E-state index contributed by atoms with van der Waals surface area (Å²) in [5.74, 6) is 1.55. The van der Waals surface area contributed by atoms with Gasteiger partial charge >= 0.3 is 0 Å². The third kappa shape index (κ3) is 5.35. The maximum absolute atomic E-state index is 13.2. The van der Waals surface area contributed by atoms with Crippen molar-refractivity contribution in [3.8, 4) is 11.5 Å². The van der Waals surface area contributed by atoms with Crippen molar-refractivity contribution in [3.05, 3.63) is 42.5 Å². The molecule has 1 heterocycles. The Morgan fingerprint density at radius 2 is 1.84 bits per heavy atom. The van der Waals surface area contributed by atoms with E-state index in [1.807, 2.05) is 20.8 Å². The number of nitrogens with zero attached hydrogens (tertiary/aromatic N) is 1. The van der Waals surface area contributed by atoms with Crippen molar-refractivity contribution >= 4 is 27.3 Å². The van der Waals surface area contributed by atoms with Crippen molar-refractivity contribution in [2.24, 2.45) is 11.3 Å². The van der Waals surface area contributed by atoms with Gasteiger partial charge in [-0.15, -0.1) is 0 Å². The van der Waals surface area contributed by atoms with Crippen LogP contribution < -0.4 is 19.1 Å². The largest absolute Gasteiger partial charge is 0.494 e. The average molecular weight is 461 g/mol. The summed E-state index contributed by atoms with van der Waals surface area (Å²) < 4.78 is 39.7. The Morgan fingerprint density at radius 1 is 1.16 bits per heavy atom. The first-order valence-corrected chi connectivity index (χ1v) is 12.4. The van der Waals surface area contributed by atoms with E-state index in [-0.39, 0.29) is 17.4 Å². The molecule has 7 nitrogen and oxygen atoms in total. The first-order valence-electron chi connectivity index (χ1n) is 10.9. The Morgan fingerprint density at radius 3 is 2.47 bits per heavy atom. The van der Waals surface area contributed by atoms with Gasteiger partial charge in [-0.05, 0) is 75.6 Å². The molecule has 0 aliphatic carbocycles. The molecule has 0 unspecified atom stereocenters. The number of hydrogen-bond donors (Lipinski definition) is 1. The normalized spacial score (nSPS) is 15.7. The van der Waals surface area contributed by atoms with Gasteiger partial charge in [-0.25, -0.2) is 8.42 Å². The second kappa shape index (κ2) is 9.40. The van der Waals surface area contributed by atoms with Gasteiger partial charge < -0.3 is 14.4 Å². The van der Waals surface area contributed by atoms with Gasteiger partial charge in [0.25, 0.3) is 10.0 Å². The van der Waals surface area contributed by atoms with E-state index in [1.165, 1.54) is 12.1 Å². The number of carbonyl (C=O) groups excluding carboxylic acids is 1. The molecule has 0 saturated carbocycles. The minimum absolute atomic E-state index is 0.0385. The van der Waals surface area contributed by atoms with Crippen molar-refractivity contribution in [1.29, 1.82) is 0 Å².